The number of hydrogen-bond donors (Lipinski definition) is 3. The topological polar surface area (TPSA) is 78.4 Å². The number of carbonyl (C=O) groups excluding carboxylic acids is 2. The van der Waals surface area contributed by atoms with Gasteiger partial charge in [-0.15, -0.1) is 11.3 Å². The van der Waals surface area contributed by atoms with E-state index >= 15 is 0 Å². The molecule has 0 saturated heterocycles. The van der Waals surface area contributed by atoms with E-state index in [1.165, 1.54) is 11.3 Å². The van der Waals surface area contributed by atoms with Crippen LogP contribution in [-0.2, 0) is 4.79 Å². The van der Waals surface area contributed by atoms with Gasteiger partial charge in [-0.1, -0.05) is 11.8 Å². The van der Waals surface area contributed by atoms with Crippen molar-refractivity contribution in [3.05, 3.63) is 21.9 Å². The van der Waals surface area contributed by atoms with Crippen molar-refractivity contribution in [3.63, 3.8) is 0 Å². The van der Waals surface area contributed by atoms with Crippen LogP contribution in [0.4, 0.5) is 0 Å². The smallest absolute Gasteiger partial charge is 0.252 e. The Hall–Kier alpha value is -1.84. The number of carbonyl (C=O) groups is 2. The van der Waals surface area contributed by atoms with E-state index in [0.717, 1.165) is 4.88 Å². The molecule has 0 radical (unpaired) electrons. The lowest BCUT2D eigenvalue weighted by molar-refractivity contribution is -0.120. The molecule has 0 fully saturated rings. The van der Waals surface area contributed by atoms with Crippen molar-refractivity contribution in [2.24, 2.45) is 0 Å². The summed E-state index contributed by atoms with van der Waals surface area (Å²) in [6.07, 6.45) is 0.682. The number of hydrogen-bond acceptors (Lipinski definition) is 4. The Bertz CT molecular complexity index is 499. The molecular formula is C13H16N2O3S. The highest BCUT2D eigenvalue weighted by Gasteiger charge is 2.08. The number of rotatable bonds is 5. The van der Waals surface area contributed by atoms with Gasteiger partial charge in [-0.05, 0) is 6.07 Å². The zero-order valence-corrected chi connectivity index (χ0v) is 11.5. The molecular weight excluding hydrogens is 264 g/mol. The van der Waals surface area contributed by atoms with Gasteiger partial charge in [-0.3, -0.25) is 9.59 Å². The molecule has 5 nitrogen and oxygen atoms in total. The highest BCUT2D eigenvalue weighted by molar-refractivity contribution is 7.10. The van der Waals surface area contributed by atoms with Crippen LogP contribution in [0.3, 0.4) is 0 Å². The molecule has 19 heavy (non-hydrogen) atoms. The van der Waals surface area contributed by atoms with E-state index in [9.17, 15) is 9.59 Å². The van der Waals surface area contributed by atoms with Crippen molar-refractivity contribution in [2.45, 2.75) is 12.8 Å². The van der Waals surface area contributed by atoms with E-state index in [4.69, 9.17) is 5.11 Å². The van der Waals surface area contributed by atoms with E-state index in [1.54, 1.807) is 18.5 Å². The molecule has 0 aliphatic heterocycles. The first kappa shape index (κ1) is 15.2. The summed E-state index contributed by atoms with van der Waals surface area (Å²) < 4.78 is 0. The molecule has 0 atom stereocenters. The summed E-state index contributed by atoms with van der Waals surface area (Å²) in [7, 11) is 1.56. The fourth-order valence-electron chi connectivity index (χ4n) is 1.24. The number of amides is 2. The summed E-state index contributed by atoms with van der Waals surface area (Å²) >= 11 is 1.38. The average molecular weight is 280 g/mol. The minimum Gasteiger partial charge on any atom is -0.395 e. The summed E-state index contributed by atoms with van der Waals surface area (Å²) in [5.41, 5.74) is 0.537. The van der Waals surface area contributed by atoms with Crippen molar-refractivity contribution in [1.82, 2.24) is 10.6 Å². The first-order valence-corrected chi connectivity index (χ1v) is 6.72. The van der Waals surface area contributed by atoms with Crippen molar-refractivity contribution < 1.29 is 14.7 Å². The maximum atomic E-state index is 11.7. The van der Waals surface area contributed by atoms with Crippen LogP contribution in [-0.4, -0.2) is 37.1 Å². The number of nitrogens with one attached hydrogen (secondary N) is 2. The Labute approximate surface area is 116 Å². The Morgan fingerprint density at radius 2 is 2.26 bits per heavy atom. The second kappa shape index (κ2) is 8.29. The highest BCUT2D eigenvalue weighted by Crippen LogP contribution is 2.13. The van der Waals surface area contributed by atoms with Gasteiger partial charge in [0.05, 0.1) is 17.0 Å². The van der Waals surface area contributed by atoms with Gasteiger partial charge >= 0.3 is 0 Å². The SMILES string of the molecule is CNC(=O)CCNC(=O)c1csc(C#CCCO)c1. The van der Waals surface area contributed by atoms with E-state index in [1.807, 2.05) is 0 Å². The predicted octanol–water partition coefficient (Wildman–Crippen LogP) is 0.348. The molecule has 1 aromatic heterocycles. The van der Waals surface area contributed by atoms with Crippen molar-refractivity contribution in [1.29, 1.82) is 0 Å². The fraction of sp³-hybridized carbons (Fsp3) is 0.385. The molecule has 0 saturated carbocycles. The van der Waals surface area contributed by atoms with Gasteiger partial charge in [-0.25, -0.2) is 0 Å². The molecule has 0 aromatic carbocycles. The standard InChI is InChI=1S/C13H16N2O3S/c1-14-12(17)5-6-15-13(18)10-8-11(19-9-10)4-2-3-7-16/h8-9,16H,3,5-7H2,1H3,(H,14,17)(H,15,18). The highest BCUT2D eigenvalue weighted by atomic mass is 32.1. The molecule has 0 bridgehead atoms. The molecule has 3 N–H and O–H groups in total. The van der Waals surface area contributed by atoms with Gasteiger partial charge in [0.1, 0.15) is 0 Å². The van der Waals surface area contributed by atoms with Crippen molar-refractivity contribution >= 4 is 23.2 Å². The minimum atomic E-state index is -0.213. The summed E-state index contributed by atoms with van der Waals surface area (Å²) in [5.74, 6) is 5.34. The summed E-state index contributed by atoms with van der Waals surface area (Å²) in [6, 6.07) is 1.70. The first-order valence-electron chi connectivity index (χ1n) is 5.84. The molecule has 0 unspecified atom stereocenters. The van der Waals surface area contributed by atoms with Crippen molar-refractivity contribution in [2.75, 3.05) is 20.2 Å². The van der Waals surface area contributed by atoms with Crippen LogP contribution in [0.5, 0.6) is 0 Å². The minimum absolute atomic E-state index is 0.0329. The zero-order chi connectivity index (χ0) is 14.1. The van der Waals surface area contributed by atoms with Crippen molar-refractivity contribution in [3.8, 4) is 11.8 Å². The van der Waals surface area contributed by atoms with Crippen LogP contribution in [0.15, 0.2) is 11.4 Å². The molecule has 1 heterocycles. The third-order valence-electron chi connectivity index (χ3n) is 2.23. The lowest BCUT2D eigenvalue weighted by Gasteiger charge is -2.02. The van der Waals surface area contributed by atoms with Crippen LogP contribution >= 0.6 is 11.3 Å². The number of thiophene rings is 1. The van der Waals surface area contributed by atoms with Gasteiger partial charge in [0.15, 0.2) is 0 Å². The monoisotopic (exact) mass is 280 g/mol. The lowest BCUT2D eigenvalue weighted by atomic mass is 10.3. The summed E-state index contributed by atoms with van der Waals surface area (Å²) in [4.78, 5) is 23.5. The van der Waals surface area contributed by atoms with Gasteiger partial charge in [-0.2, -0.15) is 0 Å². The van der Waals surface area contributed by atoms with Crippen LogP contribution in [0.2, 0.25) is 0 Å². The molecule has 1 aromatic rings. The first-order chi connectivity index (χ1) is 9.17. The number of aliphatic hydroxyl groups is 1. The molecule has 6 heteroatoms. The maximum absolute atomic E-state index is 11.7. The third kappa shape index (κ3) is 5.55. The fourth-order valence-corrected chi connectivity index (χ4v) is 2.00. The van der Waals surface area contributed by atoms with E-state index in [-0.39, 0.29) is 24.8 Å². The van der Waals surface area contributed by atoms with Gasteiger partial charge in [0, 0.05) is 31.8 Å². The number of aliphatic hydroxyl groups excluding tert-OH is 1. The Morgan fingerprint density at radius 1 is 1.47 bits per heavy atom. The van der Waals surface area contributed by atoms with E-state index < -0.39 is 0 Å². The second-order valence-electron chi connectivity index (χ2n) is 3.65. The quantitative estimate of drug-likeness (QED) is 0.681. The zero-order valence-electron chi connectivity index (χ0n) is 10.7. The molecule has 0 aliphatic carbocycles. The summed E-state index contributed by atoms with van der Waals surface area (Å²) in [6.45, 7) is 0.338. The molecule has 1 rings (SSSR count). The normalized spacial score (nSPS) is 9.37. The van der Waals surface area contributed by atoms with Crippen LogP contribution in [0.25, 0.3) is 0 Å². The van der Waals surface area contributed by atoms with E-state index in [2.05, 4.69) is 22.5 Å². The van der Waals surface area contributed by atoms with E-state index in [0.29, 0.717) is 18.5 Å². The second-order valence-corrected chi connectivity index (χ2v) is 4.57. The Morgan fingerprint density at radius 3 is 2.95 bits per heavy atom. The van der Waals surface area contributed by atoms with Gasteiger partial charge in [0.2, 0.25) is 5.91 Å². The molecule has 102 valence electrons. The molecule has 0 aliphatic rings. The van der Waals surface area contributed by atoms with Crippen LogP contribution in [0, 0.1) is 11.8 Å². The van der Waals surface area contributed by atoms with Gasteiger partial charge < -0.3 is 15.7 Å². The van der Waals surface area contributed by atoms with Gasteiger partial charge in [0.25, 0.3) is 5.91 Å². The molecule has 2 amide bonds. The predicted molar refractivity (Wildman–Crippen MR) is 73.9 cm³/mol. The maximum Gasteiger partial charge on any atom is 0.252 e. The van der Waals surface area contributed by atoms with Crippen LogP contribution < -0.4 is 10.6 Å². The Kier molecular flexibility index (Phi) is 6.64. The lowest BCUT2D eigenvalue weighted by Crippen LogP contribution is -2.28. The Balaban J connectivity index is 2.45. The largest absolute Gasteiger partial charge is 0.395 e. The third-order valence-corrected chi connectivity index (χ3v) is 3.07. The summed E-state index contributed by atoms with van der Waals surface area (Å²) in [5, 5.41) is 15.5. The molecule has 0 spiro atoms. The van der Waals surface area contributed by atoms with Crippen LogP contribution in [0.1, 0.15) is 28.1 Å². The average Bonchev–Trinajstić information content (AvgIpc) is 2.87.